The van der Waals surface area contributed by atoms with Gasteiger partial charge in [-0.2, -0.15) is 5.10 Å². The number of aryl methyl sites for hydroxylation is 1. The number of aromatic nitrogens is 4. The summed E-state index contributed by atoms with van der Waals surface area (Å²) in [5.74, 6) is 0.766. The Labute approximate surface area is 168 Å². The summed E-state index contributed by atoms with van der Waals surface area (Å²) in [4.78, 5) is 14.3. The highest BCUT2D eigenvalue weighted by molar-refractivity contribution is 8.01. The minimum atomic E-state index is -0.161. The van der Waals surface area contributed by atoms with E-state index in [0.29, 0.717) is 16.6 Å². The lowest BCUT2D eigenvalue weighted by Gasteiger charge is -2.02. The van der Waals surface area contributed by atoms with Crippen LogP contribution < -0.4 is 5.32 Å². The second-order valence-corrected chi connectivity index (χ2v) is 9.34. The molecule has 3 heterocycles. The fraction of sp³-hybridized carbons (Fsp3) is 0.222. The summed E-state index contributed by atoms with van der Waals surface area (Å²) in [6, 6.07) is 12.1. The van der Waals surface area contributed by atoms with Crippen molar-refractivity contribution in [2.75, 3.05) is 11.1 Å². The first kappa shape index (κ1) is 18.1. The first-order valence-electron chi connectivity index (χ1n) is 8.42. The van der Waals surface area contributed by atoms with Gasteiger partial charge in [0, 0.05) is 5.39 Å². The molecule has 27 heavy (non-hydrogen) atoms. The van der Waals surface area contributed by atoms with Crippen molar-refractivity contribution in [2.24, 2.45) is 0 Å². The number of thiophene rings is 1. The van der Waals surface area contributed by atoms with Crippen LogP contribution in [0.4, 0.5) is 5.13 Å². The standard InChI is InChI=1S/C18H17N5OS3/c1-3-25-18-21-20-17(27-18)19-15(24)14-9-13-11(2)22-23(16(13)26-14)10-12-7-5-4-6-8-12/h4-9H,3,10H2,1-2H3,(H,19,20,24). The van der Waals surface area contributed by atoms with Crippen LogP contribution in [0.1, 0.15) is 27.9 Å². The first-order valence-corrected chi connectivity index (χ1v) is 11.0. The smallest absolute Gasteiger partial charge is 0.267 e. The molecule has 4 aromatic rings. The van der Waals surface area contributed by atoms with Crippen molar-refractivity contribution in [1.29, 1.82) is 0 Å². The van der Waals surface area contributed by atoms with Gasteiger partial charge in [-0.25, -0.2) is 0 Å². The molecule has 0 radical (unpaired) electrons. The van der Waals surface area contributed by atoms with Crippen molar-refractivity contribution in [2.45, 2.75) is 24.7 Å². The largest absolute Gasteiger partial charge is 0.296 e. The fourth-order valence-electron chi connectivity index (χ4n) is 2.69. The Hall–Kier alpha value is -2.23. The second-order valence-electron chi connectivity index (χ2n) is 5.82. The van der Waals surface area contributed by atoms with Crippen molar-refractivity contribution >= 4 is 55.7 Å². The van der Waals surface area contributed by atoms with Crippen molar-refractivity contribution in [3.8, 4) is 0 Å². The highest BCUT2D eigenvalue weighted by atomic mass is 32.2. The number of nitrogens with one attached hydrogen (secondary N) is 1. The van der Waals surface area contributed by atoms with E-state index >= 15 is 0 Å². The summed E-state index contributed by atoms with van der Waals surface area (Å²) < 4.78 is 2.82. The van der Waals surface area contributed by atoms with Crippen LogP contribution in [0.5, 0.6) is 0 Å². The van der Waals surface area contributed by atoms with Crippen molar-refractivity contribution in [3.63, 3.8) is 0 Å². The van der Waals surface area contributed by atoms with Gasteiger partial charge in [0.15, 0.2) is 4.34 Å². The SMILES string of the molecule is CCSc1nnc(NC(=O)c2cc3c(C)nn(Cc4ccccc4)c3s2)s1. The number of hydrogen-bond acceptors (Lipinski definition) is 7. The van der Waals surface area contributed by atoms with E-state index in [2.05, 4.69) is 39.7 Å². The maximum atomic E-state index is 12.6. The maximum Gasteiger partial charge on any atom is 0.267 e. The normalized spacial score (nSPS) is 11.2. The lowest BCUT2D eigenvalue weighted by atomic mass is 10.2. The predicted octanol–water partition coefficient (Wildman–Crippen LogP) is 4.67. The molecule has 4 rings (SSSR count). The molecule has 6 nitrogen and oxygen atoms in total. The molecule has 0 aliphatic heterocycles. The highest BCUT2D eigenvalue weighted by Gasteiger charge is 2.18. The van der Waals surface area contributed by atoms with Crippen LogP contribution in [0.2, 0.25) is 0 Å². The number of fused-ring (bicyclic) bond motifs is 1. The molecule has 0 aliphatic carbocycles. The molecular weight excluding hydrogens is 398 g/mol. The summed E-state index contributed by atoms with van der Waals surface area (Å²) >= 11 is 4.46. The summed E-state index contributed by atoms with van der Waals surface area (Å²) in [5.41, 5.74) is 2.10. The monoisotopic (exact) mass is 415 g/mol. The third kappa shape index (κ3) is 3.90. The average molecular weight is 416 g/mol. The quantitative estimate of drug-likeness (QED) is 0.366. The number of carbonyl (C=O) groups excluding carboxylic acids is 1. The number of anilines is 1. The molecule has 0 saturated carbocycles. The zero-order chi connectivity index (χ0) is 18.8. The van der Waals surface area contributed by atoms with Gasteiger partial charge in [0.25, 0.3) is 5.91 Å². The zero-order valence-corrected chi connectivity index (χ0v) is 17.2. The topological polar surface area (TPSA) is 72.7 Å². The molecule has 138 valence electrons. The van der Waals surface area contributed by atoms with E-state index in [0.717, 1.165) is 26.0 Å². The molecule has 9 heteroatoms. The lowest BCUT2D eigenvalue weighted by Crippen LogP contribution is -2.09. The second kappa shape index (κ2) is 7.79. The van der Waals surface area contributed by atoms with Crippen LogP contribution in [0.3, 0.4) is 0 Å². The maximum absolute atomic E-state index is 12.6. The molecule has 1 aromatic carbocycles. The molecule has 1 N–H and O–H groups in total. The highest BCUT2D eigenvalue weighted by Crippen LogP contribution is 2.30. The van der Waals surface area contributed by atoms with Gasteiger partial charge >= 0.3 is 0 Å². The number of thioether (sulfide) groups is 1. The molecule has 0 spiro atoms. The van der Waals surface area contributed by atoms with Gasteiger partial charge in [-0.05, 0) is 24.3 Å². The Morgan fingerprint density at radius 3 is 2.81 bits per heavy atom. The molecule has 0 aliphatic rings. The van der Waals surface area contributed by atoms with Gasteiger partial charge in [0.05, 0.1) is 17.1 Å². The van der Waals surface area contributed by atoms with Gasteiger partial charge in [0.2, 0.25) is 5.13 Å². The summed E-state index contributed by atoms with van der Waals surface area (Å²) in [7, 11) is 0. The Morgan fingerprint density at radius 2 is 2.04 bits per heavy atom. The number of rotatable bonds is 6. The van der Waals surface area contributed by atoms with Gasteiger partial charge in [-0.3, -0.25) is 14.8 Å². The van der Waals surface area contributed by atoms with E-state index in [4.69, 9.17) is 0 Å². The minimum absolute atomic E-state index is 0.161. The summed E-state index contributed by atoms with van der Waals surface area (Å²) in [6.45, 7) is 4.71. The van der Waals surface area contributed by atoms with E-state index in [1.54, 1.807) is 11.8 Å². The van der Waals surface area contributed by atoms with E-state index in [9.17, 15) is 4.79 Å². The predicted molar refractivity (Wildman–Crippen MR) is 112 cm³/mol. The van der Waals surface area contributed by atoms with E-state index in [1.165, 1.54) is 28.2 Å². The zero-order valence-electron chi connectivity index (χ0n) is 14.8. The summed E-state index contributed by atoms with van der Waals surface area (Å²) in [5, 5.41) is 17.1. The van der Waals surface area contributed by atoms with Crippen LogP contribution in [-0.4, -0.2) is 31.6 Å². The average Bonchev–Trinajstić information content (AvgIpc) is 3.35. The molecule has 0 unspecified atom stereocenters. The third-order valence-electron chi connectivity index (χ3n) is 3.90. The fourth-order valence-corrected chi connectivity index (χ4v) is 5.39. The molecule has 0 bridgehead atoms. The molecule has 3 aromatic heterocycles. The van der Waals surface area contributed by atoms with Crippen molar-refractivity contribution in [1.82, 2.24) is 20.0 Å². The van der Waals surface area contributed by atoms with Gasteiger partial charge in [0.1, 0.15) is 4.83 Å². The Balaban J connectivity index is 1.57. The Bertz CT molecular complexity index is 1080. The molecule has 0 atom stereocenters. The van der Waals surface area contributed by atoms with Gasteiger partial charge in [-0.1, -0.05) is 60.4 Å². The van der Waals surface area contributed by atoms with E-state index in [1.807, 2.05) is 35.9 Å². The number of nitrogens with zero attached hydrogens (tertiary/aromatic N) is 4. The summed E-state index contributed by atoms with van der Waals surface area (Å²) in [6.07, 6.45) is 0. The van der Waals surface area contributed by atoms with E-state index in [-0.39, 0.29) is 5.91 Å². The number of hydrogen-bond donors (Lipinski definition) is 1. The Kier molecular flexibility index (Phi) is 5.24. The Morgan fingerprint density at radius 1 is 1.22 bits per heavy atom. The third-order valence-corrected chi connectivity index (χ3v) is 6.90. The molecule has 1 amide bonds. The first-order chi connectivity index (χ1) is 13.1. The molecule has 0 fully saturated rings. The molecule has 0 saturated heterocycles. The number of carbonyl (C=O) groups is 1. The van der Waals surface area contributed by atoms with Crippen LogP contribution in [0.25, 0.3) is 10.2 Å². The van der Waals surface area contributed by atoms with Crippen LogP contribution in [0, 0.1) is 6.92 Å². The minimum Gasteiger partial charge on any atom is -0.296 e. The van der Waals surface area contributed by atoms with Crippen LogP contribution >= 0.6 is 34.4 Å². The van der Waals surface area contributed by atoms with E-state index < -0.39 is 0 Å². The lowest BCUT2D eigenvalue weighted by molar-refractivity contribution is 0.103. The van der Waals surface area contributed by atoms with Gasteiger partial charge in [-0.15, -0.1) is 21.5 Å². The van der Waals surface area contributed by atoms with Crippen molar-refractivity contribution in [3.05, 3.63) is 52.5 Å². The van der Waals surface area contributed by atoms with Crippen molar-refractivity contribution < 1.29 is 4.79 Å². The van der Waals surface area contributed by atoms with Crippen LogP contribution in [0.15, 0.2) is 40.7 Å². The van der Waals surface area contributed by atoms with Gasteiger partial charge < -0.3 is 0 Å². The van der Waals surface area contributed by atoms with Crippen LogP contribution in [-0.2, 0) is 6.54 Å². The number of benzene rings is 1. The molecular formula is C18H17N5OS3. The number of amides is 1.